The Labute approximate surface area is 112 Å². The molecule has 5 heteroatoms. The van der Waals surface area contributed by atoms with Crippen LogP contribution in [0, 0.1) is 0 Å². The number of aryl methyl sites for hydroxylation is 1. The molecule has 102 valence electrons. The monoisotopic (exact) mass is 261 g/mol. The molecule has 2 aromatic rings. The zero-order chi connectivity index (χ0) is 13.3. The van der Waals surface area contributed by atoms with Crippen LogP contribution >= 0.6 is 0 Å². The van der Waals surface area contributed by atoms with Gasteiger partial charge in [-0.05, 0) is 25.0 Å². The average molecular weight is 261 g/mol. The normalized spacial score (nSPS) is 10.5. The molecule has 5 nitrogen and oxygen atoms in total. The molecular weight excluding hydrogens is 242 g/mol. The molecular formula is C14H19N3O2. The van der Waals surface area contributed by atoms with Gasteiger partial charge in [-0.25, -0.2) is 4.98 Å². The smallest absolute Gasteiger partial charge is 0.286 e. The van der Waals surface area contributed by atoms with E-state index in [4.69, 9.17) is 4.42 Å². The highest BCUT2D eigenvalue weighted by Gasteiger charge is 2.06. The molecule has 0 aliphatic heterocycles. The highest BCUT2D eigenvalue weighted by Crippen LogP contribution is 2.03. The van der Waals surface area contributed by atoms with Crippen molar-refractivity contribution >= 4 is 5.91 Å². The Morgan fingerprint density at radius 3 is 2.95 bits per heavy atom. The minimum atomic E-state index is -0.136. The van der Waals surface area contributed by atoms with Crippen molar-refractivity contribution in [3.63, 3.8) is 0 Å². The second-order valence-electron chi connectivity index (χ2n) is 4.45. The number of hydrogen-bond acceptors (Lipinski definition) is 3. The summed E-state index contributed by atoms with van der Waals surface area (Å²) in [6.45, 7) is 1.71. The van der Waals surface area contributed by atoms with Crippen molar-refractivity contribution in [1.29, 1.82) is 0 Å². The first-order valence-corrected chi connectivity index (χ1v) is 6.64. The number of aromatic nitrogens is 2. The number of carbonyl (C=O) groups excluding carboxylic acids is 1. The average Bonchev–Trinajstić information content (AvgIpc) is 3.10. The van der Waals surface area contributed by atoms with Gasteiger partial charge in [0.15, 0.2) is 5.76 Å². The first-order valence-electron chi connectivity index (χ1n) is 6.64. The molecule has 0 bridgehead atoms. The van der Waals surface area contributed by atoms with Crippen molar-refractivity contribution < 1.29 is 9.21 Å². The summed E-state index contributed by atoms with van der Waals surface area (Å²) < 4.78 is 7.09. The SMILES string of the molecule is O=C(NCCCCCCn1ccnc1)c1ccco1. The molecule has 0 atom stereocenters. The quantitative estimate of drug-likeness (QED) is 0.742. The van der Waals surface area contributed by atoms with Crippen molar-refractivity contribution in [3.05, 3.63) is 42.9 Å². The Hall–Kier alpha value is -2.04. The maximum absolute atomic E-state index is 11.5. The fourth-order valence-corrected chi connectivity index (χ4v) is 1.89. The largest absolute Gasteiger partial charge is 0.459 e. The van der Waals surface area contributed by atoms with Crippen molar-refractivity contribution in [1.82, 2.24) is 14.9 Å². The van der Waals surface area contributed by atoms with Crippen LogP contribution in [0.15, 0.2) is 41.5 Å². The summed E-state index contributed by atoms with van der Waals surface area (Å²) in [5, 5.41) is 2.84. The van der Waals surface area contributed by atoms with Crippen LogP contribution in [-0.4, -0.2) is 22.0 Å². The lowest BCUT2D eigenvalue weighted by atomic mass is 10.2. The Balaban J connectivity index is 1.47. The van der Waals surface area contributed by atoms with Crippen LogP contribution in [0.3, 0.4) is 0 Å². The topological polar surface area (TPSA) is 60.1 Å². The molecule has 0 radical (unpaired) electrons. The van der Waals surface area contributed by atoms with Crippen molar-refractivity contribution in [2.24, 2.45) is 0 Å². The fraction of sp³-hybridized carbons (Fsp3) is 0.429. The van der Waals surface area contributed by atoms with E-state index in [2.05, 4.69) is 14.9 Å². The van der Waals surface area contributed by atoms with Crippen LogP contribution in [0.5, 0.6) is 0 Å². The van der Waals surface area contributed by atoms with Gasteiger partial charge in [0.25, 0.3) is 5.91 Å². The first kappa shape index (κ1) is 13.4. The summed E-state index contributed by atoms with van der Waals surface area (Å²) in [6, 6.07) is 3.38. The Morgan fingerprint density at radius 1 is 1.32 bits per heavy atom. The number of imidazole rings is 1. The second kappa shape index (κ2) is 7.41. The Morgan fingerprint density at radius 2 is 2.21 bits per heavy atom. The number of carbonyl (C=O) groups is 1. The molecule has 0 unspecified atom stereocenters. The van der Waals surface area contributed by atoms with E-state index in [9.17, 15) is 4.79 Å². The van der Waals surface area contributed by atoms with Gasteiger partial charge >= 0.3 is 0 Å². The molecule has 0 fully saturated rings. The molecule has 2 aromatic heterocycles. The summed E-state index contributed by atoms with van der Waals surface area (Å²) in [7, 11) is 0. The molecule has 0 aliphatic carbocycles. The molecule has 0 aliphatic rings. The van der Waals surface area contributed by atoms with Crippen LogP contribution in [-0.2, 0) is 6.54 Å². The predicted molar refractivity (Wildman–Crippen MR) is 71.7 cm³/mol. The van der Waals surface area contributed by atoms with E-state index in [0.717, 1.165) is 32.2 Å². The van der Waals surface area contributed by atoms with Crippen LogP contribution in [0.25, 0.3) is 0 Å². The lowest BCUT2D eigenvalue weighted by Crippen LogP contribution is -2.23. The zero-order valence-electron chi connectivity index (χ0n) is 10.9. The van der Waals surface area contributed by atoms with Gasteiger partial charge in [0.2, 0.25) is 0 Å². The van der Waals surface area contributed by atoms with E-state index in [-0.39, 0.29) is 5.91 Å². The van der Waals surface area contributed by atoms with Gasteiger partial charge in [-0.1, -0.05) is 12.8 Å². The third kappa shape index (κ3) is 4.62. The van der Waals surface area contributed by atoms with E-state index in [1.165, 1.54) is 6.26 Å². The summed E-state index contributed by atoms with van der Waals surface area (Å²) >= 11 is 0. The lowest BCUT2D eigenvalue weighted by molar-refractivity contribution is 0.0925. The first-order chi connectivity index (χ1) is 9.36. The molecule has 0 spiro atoms. The molecule has 2 heterocycles. The molecule has 1 amide bonds. The number of nitrogens with one attached hydrogen (secondary N) is 1. The van der Waals surface area contributed by atoms with Crippen molar-refractivity contribution in [3.8, 4) is 0 Å². The number of nitrogens with zero attached hydrogens (tertiary/aromatic N) is 2. The molecule has 2 rings (SSSR count). The maximum atomic E-state index is 11.5. The number of hydrogen-bond donors (Lipinski definition) is 1. The Kier molecular flexibility index (Phi) is 5.22. The van der Waals surface area contributed by atoms with Crippen molar-refractivity contribution in [2.45, 2.75) is 32.2 Å². The van der Waals surface area contributed by atoms with Gasteiger partial charge in [0.05, 0.1) is 12.6 Å². The maximum Gasteiger partial charge on any atom is 0.286 e. The molecule has 0 saturated carbocycles. The van der Waals surface area contributed by atoms with Crippen LogP contribution in [0.2, 0.25) is 0 Å². The van der Waals surface area contributed by atoms with Gasteiger partial charge in [-0.3, -0.25) is 4.79 Å². The third-order valence-electron chi connectivity index (χ3n) is 2.93. The van der Waals surface area contributed by atoms with Gasteiger partial charge in [-0.15, -0.1) is 0 Å². The van der Waals surface area contributed by atoms with Gasteiger partial charge in [0, 0.05) is 25.5 Å². The molecule has 0 saturated heterocycles. The molecule has 0 aromatic carbocycles. The van der Waals surface area contributed by atoms with Gasteiger partial charge in [-0.2, -0.15) is 0 Å². The third-order valence-corrected chi connectivity index (χ3v) is 2.93. The van der Waals surface area contributed by atoms with Crippen LogP contribution in [0.4, 0.5) is 0 Å². The summed E-state index contributed by atoms with van der Waals surface area (Å²) in [5.74, 6) is 0.239. The van der Waals surface area contributed by atoms with Crippen LogP contribution < -0.4 is 5.32 Å². The van der Waals surface area contributed by atoms with Crippen molar-refractivity contribution in [2.75, 3.05) is 6.54 Å². The summed E-state index contributed by atoms with van der Waals surface area (Å²) in [4.78, 5) is 15.5. The van der Waals surface area contributed by atoms with Gasteiger partial charge in [0.1, 0.15) is 0 Å². The zero-order valence-corrected chi connectivity index (χ0v) is 10.9. The highest BCUT2D eigenvalue weighted by atomic mass is 16.3. The highest BCUT2D eigenvalue weighted by molar-refractivity contribution is 5.91. The number of furan rings is 1. The number of amides is 1. The predicted octanol–water partition coefficient (Wildman–Crippen LogP) is 2.47. The summed E-state index contributed by atoms with van der Waals surface area (Å²) in [5.41, 5.74) is 0. The van der Waals surface area contributed by atoms with E-state index >= 15 is 0 Å². The van der Waals surface area contributed by atoms with Gasteiger partial charge < -0.3 is 14.3 Å². The Bertz CT molecular complexity index is 463. The number of unbranched alkanes of at least 4 members (excludes halogenated alkanes) is 3. The minimum Gasteiger partial charge on any atom is -0.459 e. The van der Waals surface area contributed by atoms with E-state index < -0.39 is 0 Å². The standard InChI is InChI=1S/C14H19N3O2/c18-14(13-6-5-11-19-13)16-7-3-1-2-4-9-17-10-8-15-12-17/h5-6,8,10-12H,1-4,7,9H2,(H,16,18). The molecule has 19 heavy (non-hydrogen) atoms. The van der Waals surface area contributed by atoms with E-state index in [1.54, 1.807) is 18.3 Å². The lowest BCUT2D eigenvalue weighted by Gasteiger charge is -2.04. The fourth-order valence-electron chi connectivity index (χ4n) is 1.89. The molecule has 1 N–H and O–H groups in total. The van der Waals surface area contributed by atoms with E-state index in [1.807, 2.05) is 12.5 Å². The van der Waals surface area contributed by atoms with Crippen LogP contribution in [0.1, 0.15) is 36.2 Å². The van der Waals surface area contributed by atoms with E-state index in [0.29, 0.717) is 12.3 Å². The number of rotatable bonds is 8. The second-order valence-corrected chi connectivity index (χ2v) is 4.45. The minimum absolute atomic E-state index is 0.136. The summed E-state index contributed by atoms with van der Waals surface area (Å²) in [6.07, 6.45) is 11.5.